The van der Waals surface area contributed by atoms with Crippen LogP contribution in [-0.4, -0.2) is 92.8 Å². The fourth-order valence-corrected chi connectivity index (χ4v) is 3.59. The van der Waals surface area contributed by atoms with Gasteiger partial charge in [-0.1, -0.05) is 25.7 Å². The Kier molecular flexibility index (Phi) is 18.1. The minimum atomic E-state index is -0.535. The topological polar surface area (TPSA) is 83.3 Å². The molecule has 0 unspecified atom stereocenters. The number of pyridine rings is 1. The third-order valence-corrected chi connectivity index (χ3v) is 5.81. The number of hydrogen-bond acceptors (Lipinski definition) is 5. The maximum Gasteiger partial charge on any atom is 0.414 e. The number of nitrogens with zero attached hydrogens (tertiary/aromatic N) is 5. The molecule has 1 rings (SSSR count). The molecule has 0 N–H and O–H groups in total. The highest BCUT2D eigenvalue weighted by Gasteiger charge is 2.32. The molecule has 0 aliphatic carbocycles. The summed E-state index contributed by atoms with van der Waals surface area (Å²) in [5, 5.41) is 8.84. The van der Waals surface area contributed by atoms with E-state index in [-0.39, 0.29) is 55.8 Å². The van der Waals surface area contributed by atoms with Gasteiger partial charge in [0.1, 0.15) is 6.07 Å². The number of carbonyl (C=O) groups is 2. The molecule has 0 saturated heterocycles. The van der Waals surface area contributed by atoms with Crippen LogP contribution >= 0.6 is 0 Å². The van der Waals surface area contributed by atoms with Gasteiger partial charge in [0.2, 0.25) is 5.69 Å². The lowest BCUT2D eigenvalue weighted by Gasteiger charge is -2.27. The number of aromatic nitrogens is 1. The molecule has 0 fully saturated rings. The molecule has 200 valence electrons. The highest BCUT2D eigenvalue weighted by atomic mass is 79.9. The Morgan fingerprint density at radius 3 is 1.97 bits per heavy atom. The maximum absolute atomic E-state index is 13.1. The monoisotopic (exact) mass is 619 g/mol. The first-order valence-corrected chi connectivity index (χ1v) is 11.9. The van der Waals surface area contributed by atoms with Crippen LogP contribution in [0.3, 0.4) is 0 Å². The van der Waals surface area contributed by atoms with Gasteiger partial charge in [-0.15, -0.1) is 0 Å². The van der Waals surface area contributed by atoms with Crippen molar-refractivity contribution in [1.29, 1.82) is 5.26 Å². The van der Waals surface area contributed by atoms with Crippen molar-refractivity contribution in [2.24, 2.45) is 0 Å². The molecule has 1 aromatic heterocycles. The Balaban J connectivity index is 0. The number of hydrogen-bond donors (Lipinski definition) is 0. The Morgan fingerprint density at radius 1 is 0.943 bits per heavy atom. The van der Waals surface area contributed by atoms with Crippen molar-refractivity contribution < 1.29 is 57.3 Å². The van der Waals surface area contributed by atoms with Crippen LogP contribution in [0.15, 0.2) is 18.3 Å². The van der Waals surface area contributed by atoms with Crippen LogP contribution in [0.25, 0.3) is 0 Å². The number of nitriles is 1. The van der Waals surface area contributed by atoms with Gasteiger partial charge in [0.25, 0.3) is 0 Å². The van der Waals surface area contributed by atoms with E-state index >= 15 is 0 Å². The minimum absolute atomic E-state index is 0. The number of amides is 2. The predicted octanol–water partition coefficient (Wildman–Crippen LogP) is -1.91. The van der Waals surface area contributed by atoms with Gasteiger partial charge in [0, 0.05) is 20.3 Å². The summed E-state index contributed by atoms with van der Waals surface area (Å²) in [7, 11) is 11.2. The highest BCUT2D eigenvalue weighted by Crippen LogP contribution is 2.21. The molecule has 8 nitrogen and oxygen atoms in total. The van der Waals surface area contributed by atoms with E-state index < -0.39 is 6.09 Å². The van der Waals surface area contributed by atoms with Crippen LogP contribution < -0.4 is 38.7 Å². The lowest BCUT2D eigenvalue weighted by Crippen LogP contribution is -3.00. The van der Waals surface area contributed by atoms with E-state index in [4.69, 9.17) is 10.00 Å². The van der Waals surface area contributed by atoms with Gasteiger partial charge in [0.15, 0.2) is 12.3 Å². The molecule has 0 aromatic carbocycles. The van der Waals surface area contributed by atoms with Crippen LogP contribution in [0, 0.1) is 11.3 Å². The van der Waals surface area contributed by atoms with Crippen molar-refractivity contribution in [2.75, 3.05) is 61.9 Å². The van der Waals surface area contributed by atoms with Gasteiger partial charge in [-0.2, -0.15) is 5.26 Å². The molecule has 0 aliphatic heterocycles. The number of unbranched alkanes of at least 4 members (excludes halogenated alkanes) is 7. The molecule has 0 saturated carbocycles. The van der Waals surface area contributed by atoms with Gasteiger partial charge >= 0.3 is 12.0 Å². The zero-order chi connectivity index (χ0) is 24.9. The summed E-state index contributed by atoms with van der Waals surface area (Å²) < 4.78 is 6.28. The molecular weight excluding hydrogens is 578 g/mol. The molecule has 1 aromatic rings. The van der Waals surface area contributed by atoms with Crippen molar-refractivity contribution in [3.8, 4) is 11.8 Å². The van der Waals surface area contributed by atoms with E-state index in [2.05, 4.69) is 25.1 Å². The van der Waals surface area contributed by atoms with Crippen LogP contribution in [-0.2, 0) is 0 Å². The summed E-state index contributed by atoms with van der Waals surface area (Å²) in [6.07, 6.45) is 10.3. The number of halogens is 2. The first-order valence-electron chi connectivity index (χ1n) is 11.9. The first kappa shape index (κ1) is 35.6. The first-order chi connectivity index (χ1) is 15.5. The third-order valence-electron chi connectivity index (χ3n) is 5.81. The van der Waals surface area contributed by atoms with E-state index in [9.17, 15) is 9.59 Å². The summed E-state index contributed by atoms with van der Waals surface area (Å²) in [4.78, 5) is 30.5. The molecule has 1 heterocycles. The quantitative estimate of drug-likeness (QED) is 0.138. The van der Waals surface area contributed by atoms with Crippen LogP contribution in [0.5, 0.6) is 5.75 Å². The van der Waals surface area contributed by atoms with E-state index in [1.54, 1.807) is 32.4 Å². The Labute approximate surface area is 233 Å². The average Bonchev–Trinajstić information content (AvgIpc) is 2.74. The van der Waals surface area contributed by atoms with Crippen LogP contribution in [0.1, 0.15) is 61.9 Å². The molecule has 0 atom stereocenters. The summed E-state index contributed by atoms with van der Waals surface area (Å²) >= 11 is 0. The minimum Gasteiger partial charge on any atom is -1.00 e. The molecule has 0 spiro atoms. The Bertz CT molecular complexity index is 811. The summed E-state index contributed by atoms with van der Waals surface area (Å²) in [5.41, 5.74) is 0.189. The Hall–Kier alpha value is -1.54. The second kappa shape index (κ2) is 17.8. The number of rotatable bonds is 14. The normalized spacial score (nSPS) is 11.0. The van der Waals surface area contributed by atoms with Crippen molar-refractivity contribution in [2.45, 2.75) is 51.4 Å². The zero-order valence-corrected chi connectivity index (χ0v) is 25.4. The molecular formula is C25H43Br2N5O3. The molecule has 0 bridgehead atoms. The largest absolute Gasteiger partial charge is 1.00 e. The van der Waals surface area contributed by atoms with Crippen LogP contribution in [0.2, 0.25) is 0 Å². The standard InChI is InChI=1S/C25H43N5O3.2BrH/c1-28(2)25(32)33-22-16-15-18-27-23(22)24(31)30(5,6)20-14-12-10-8-7-9-11-13-19-29(3,4)21-17-26;;/h15-16,18H,7-14,19-21H2,1-6H3;2*1H/q+2;;/p-2. The summed E-state index contributed by atoms with van der Waals surface area (Å²) in [6.45, 7) is 2.34. The summed E-state index contributed by atoms with van der Waals surface area (Å²) in [5.74, 6) is 0.0390. The lowest BCUT2D eigenvalue weighted by molar-refractivity contribution is -0.883. The van der Waals surface area contributed by atoms with Crippen molar-refractivity contribution >= 4 is 12.0 Å². The van der Waals surface area contributed by atoms with Gasteiger partial charge < -0.3 is 48.1 Å². The van der Waals surface area contributed by atoms with E-state index in [0.717, 1.165) is 23.9 Å². The second-order valence-electron chi connectivity index (χ2n) is 10.1. The lowest BCUT2D eigenvalue weighted by atomic mass is 10.1. The fraction of sp³-hybridized carbons (Fsp3) is 0.680. The summed E-state index contributed by atoms with van der Waals surface area (Å²) in [6, 6.07) is 5.51. The molecule has 0 aliphatic rings. The van der Waals surface area contributed by atoms with E-state index in [1.165, 1.54) is 43.4 Å². The molecule has 35 heavy (non-hydrogen) atoms. The van der Waals surface area contributed by atoms with Crippen molar-refractivity contribution in [3.63, 3.8) is 0 Å². The van der Waals surface area contributed by atoms with Crippen molar-refractivity contribution in [3.05, 3.63) is 24.0 Å². The maximum atomic E-state index is 13.1. The zero-order valence-electron chi connectivity index (χ0n) is 22.2. The van der Waals surface area contributed by atoms with Crippen molar-refractivity contribution in [1.82, 2.24) is 9.88 Å². The number of quaternary nitrogens is 2. The fourth-order valence-electron chi connectivity index (χ4n) is 3.59. The van der Waals surface area contributed by atoms with Gasteiger partial charge in [-0.3, -0.25) is 4.48 Å². The second-order valence-corrected chi connectivity index (χ2v) is 10.1. The van der Waals surface area contributed by atoms with Crippen LogP contribution in [0.4, 0.5) is 4.79 Å². The highest BCUT2D eigenvalue weighted by molar-refractivity contribution is 5.90. The van der Waals surface area contributed by atoms with Gasteiger partial charge in [0.05, 0.1) is 41.3 Å². The SMILES string of the molecule is CN(C)C(=O)Oc1cccnc1C(=O)[N+](C)(C)CCCCCCCCCC[N+](C)(C)CC#N.[Br-].[Br-]. The smallest absolute Gasteiger partial charge is 0.414 e. The predicted molar refractivity (Wildman–Crippen MR) is 130 cm³/mol. The average molecular weight is 621 g/mol. The molecule has 10 heteroatoms. The third kappa shape index (κ3) is 14.0. The van der Waals surface area contributed by atoms with Gasteiger partial charge in [-0.25, -0.2) is 14.6 Å². The molecule has 2 amide bonds. The van der Waals surface area contributed by atoms with Gasteiger partial charge in [-0.05, 0) is 37.8 Å². The number of ether oxygens (including phenoxy) is 1. The van der Waals surface area contributed by atoms with E-state index in [0.29, 0.717) is 13.1 Å². The Morgan fingerprint density at radius 2 is 1.46 bits per heavy atom. The van der Waals surface area contributed by atoms with E-state index in [1.807, 2.05) is 14.1 Å². The number of carbonyl (C=O) groups excluding carboxylic acids is 2. The molecule has 0 radical (unpaired) electrons.